The maximum Gasteiger partial charge on any atom is 0.416 e. The molecule has 0 radical (unpaired) electrons. The summed E-state index contributed by atoms with van der Waals surface area (Å²) in [6.07, 6.45) is -3.19. The van der Waals surface area contributed by atoms with Crippen LogP contribution < -0.4 is 5.32 Å². The van der Waals surface area contributed by atoms with Crippen molar-refractivity contribution < 1.29 is 27.9 Å². The molecule has 1 aromatic carbocycles. The number of aromatic nitrogens is 2. The molecule has 6 nitrogen and oxygen atoms in total. The zero-order valence-corrected chi connectivity index (χ0v) is 12.6. The van der Waals surface area contributed by atoms with E-state index in [1.165, 1.54) is 19.2 Å². The fourth-order valence-electron chi connectivity index (χ4n) is 2.17. The van der Waals surface area contributed by atoms with Gasteiger partial charge in [0.25, 0.3) is 5.91 Å². The second-order valence-electron chi connectivity index (χ2n) is 5.04. The zero-order chi connectivity index (χ0) is 17.9. The van der Waals surface area contributed by atoms with E-state index < -0.39 is 23.6 Å². The van der Waals surface area contributed by atoms with Gasteiger partial charge in [-0.1, -0.05) is 18.2 Å². The molecule has 0 aliphatic rings. The number of carbonyl (C=O) groups is 2. The van der Waals surface area contributed by atoms with Crippen LogP contribution in [0.2, 0.25) is 0 Å². The molecular weight excluding hydrogens is 327 g/mol. The van der Waals surface area contributed by atoms with Crippen molar-refractivity contribution in [3.05, 3.63) is 52.8 Å². The minimum absolute atomic E-state index is 0.0599. The number of alkyl halides is 3. The molecule has 2 N–H and O–H groups in total. The lowest BCUT2D eigenvalue weighted by atomic mass is 10.1. The highest BCUT2D eigenvalue weighted by atomic mass is 19.4. The van der Waals surface area contributed by atoms with Gasteiger partial charge in [-0.2, -0.15) is 18.3 Å². The third-order valence-corrected chi connectivity index (χ3v) is 3.34. The Labute approximate surface area is 134 Å². The van der Waals surface area contributed by atoms with Crippen molar-refractivity contribution in [3.8, 4) is 0 Å². The molecule has 0 atom stereocenters. The topological polar surface area (TPSA) is 84.2 Å². The lowest BCUT2D eigenvalue weighted by molar-refractivity contribution is -0.137. The summed E-state index contributed by atoms with van der Waals surface area (Å²) >= 11 is 0. The van der Waals surface area contributed by atoms with Gasteiger partial charge in [0.1, 0.15) is 11.3 Å². The molecule has 1 heterocycles. The highest BCUT2D eigenvalue weighted by Crippen LogP contribution is 2.29. The molecule has 0 aliphatic carbocycles. The van der Waals surface area contributed by atoms with Crippen LogP contribution in [0.3, 0.4) is 0 Å². The molecule has 9 heteroatoms. The fourth-order valence-corrected chi connectivity index (χ4v) is 2.17. The number of rotatable bonds is 5. The summed E-state index contributed by atoms with van der Waals surface area (Å²) in [5, 5.41) is 15.2. The molecule has 1 amide bonds. The molecule has 0 spiro atoms. The van der Waals surface area contributed by atoms with E-state index >= 15 is 0 Å². The first kappa shape index (κ1) is 17.5. The van der Waals surface area contributed by atoms with E-state index in [1.54, 1.807) is 0 Å². The SMILES string of the molecule is Cn1ncc(C(=O)O)c1C(=O)NCCc1cccc(C(F)(F)F)c1. The molecule has 1 aromatic heterocycles. The second-order valence-corrected chi connectivity index (χ2v) is 5.04. The standard InChI is InChI=1S/C15H14F3N3O3/c1-21-12(11(8-20-21)14(23)24)13(22)19-6-5-9-3-2-4-10(7-9)15(16,17)18/h2-4,7-8H,5-6H2,1H3,(H,19,22)(H,23,24). The first-order valence-corrected chi connectivity index (χ1v) is 6.89. The fraction of sp³-hybridized carbons (Fsp3) is 0.267. The molecule has 128 valence electrons. The Morgan fingerprint density at radius 2 is 2.04 bits per heavy atom. The number of halogens is 3. The van der Waals surface area contributed by atoms with E-state index in [1.807, 2.05) is 0 Å². The Balaban J connectivity index is 2.01. The smallest absolute Gasteiger partial charge is 0.416 e. The maximum atomic E-state index is 12.6. The predicted octanol–water partition coefficient (Wildman–Crippen LogP) is 2.11. The Morgan fingerprint density at radius 3 is 2.67 bits per heavy atom. The number of aryl methyl sites for hydroxylation is 1. The highest BCUT2D eigenvalue weighted by molar-refractivity contribution is 6.03. The van der Waals surface area contributed by atoms with Gasteiger partial charge in [0, 0.05) is 13.6 Å². The molecule has 2 aromatic rings. The number of carboxylic acids is 1. The summed E-state index contributed by atoms with van der Waals surface area (Å²) in [4.78, 5) is 23.1. The first-order chi connectivity index (χ1) is 11.2. The van der Waals surface area contributed by atoms with Crippen molar-refractivity contribution in [2.45, 2.75) is 12.6 Å². The van der Waals surface area contributed by atoms with Crippen LogP contribution in [0, 0.1) is 0 Å². The van der Waals surface area contributed by atoms with Gasteiger partial charge >= 0.3 is 12.1 Å². The largest absolute Gasteiger partial charge is 0.478 e. The number of hydrogen-bond donors (Lipinski definition) is 2. The van der Waals surface area contributed by atoms with Crippen molar-refractivity contribution in [1.82, 2.24) is 15.1 Å². The average molecular weight is 341 g/mol. The molecule has 0 saturated heterocycles. The number of amides is 1. The number of carbonyl (C=O) groups excluding carboxylic acids is 1. The number of nitrogens with one attached hydrogen (secondary N) is 1. The second kappa shape index (κ2) is 6.73. The van der Waals surface area contributed by atoms with Gasteiger partial charge in [-0.3, -0.25) is 9.48 Å². The summed E-state index contributed by atoms with van der Waals surface area (Å²) in [6, 6.07) is 4.80. The quantitative estimate of drug-likeness (QED) is 0.872. The summed E-state index contributed by atoms with van der Waals surface area (Å²) < 4.78 is 39.0. The van der Waals surface area contributed by atoms with Gasteiger partial charge in [0.15, 0.2) is 0 Å². The van der Waals surface area contributed by atoms with E-state index in [0.29, 0.717) is 5.56 Å². The van der Waals surface area contributed by atoms with Crippen LogP contribution in [0.5, 0.6) is 0 Å². The van der Waals surface area contributed by atoms with Gasteiger partial charge in [0.05, 0.1) is 11.8 Å². The maximum absolute atomic E-state index is 12.6. The van der Waals surface area contributed by atoms with Gasteiger partial charge in [-0.25, -0.2) is 4.79 Å². The van der Waals surface area contributed by atoms with Crippen LogP contribution in [-0.2, 0) is 19.6 Å². The molecule has 24 heavy (non-hydrogen) atoms. The molecule has 0 aliphatic heterocycles. The summed E-state index contributed by atoms with van der Waals surface area (Å²) in [5.74, 6) is -1.94. The normalized spacial score (nSPS) is 11.3. The Hall–Kier alpha value is -2.84. The van der Waals surface area contributed by atoms with Crippen LogP contribution in [0.4, 0.5) is 13.2 Å². The minimum atomic E-state index is -4.43. The van der Waals surface area contributed by atoms with E-state index in [0.717, 1.165) is 23.0 Å². The number of nitrogens with zero attached hydrogens (tertiary/aromatic N) is 2. The van der Waals surface area contributed by atoms with Crippen molar-refractivity contribution in [3.63, 3.8) is 0 Å². The third kappa shape index (κ3) is 3.92. The summed E-state index contributed by atoms with van der Waals surface area (Å²) in [6.45, 7) is 0.0599. The Morgan fingerprint density at radius 1 is 1.33 bits per heavy atom. The zero-order valence-electron chi connectivity index (χ0n) is 12.6. The molecule has 0 fully saturated rings. The predicted molar refractivity (Wildman–Crippen MR) is 77.6 cm³/mol. The van der Waals surface area contributed by atoms with E-state index in [2.05, 4.69) is 10.4 Å². The van der Waals surface area contributed by atoms with Crippen LogP contribution in [0.25, 0.3) is 0 Å². The molecule has 0 bridgehead atoms. The lowest BCUT2D eigenvalue weighted by Crippen LogP contribution is -2.29. The van der Waals surface area contributed by atoms with Crippen LogP contribution in [0.1, 0.15) is 32.0 Å². The molecule has 2 rings (SSSR count). The number of hydrogen-bond acceptors (Lipinski definition) is 3. The van der Waals surface area contributed by atoms with Gasteiger partial charge < -0.3 is 10.4 Å². The highest BCUT2D eigenvalue weighted by Gasteiger charge is 2.30. The first-order valence-electron chi connectivity index (χ1n) is 6.89. The van der Waals surface area contributed by atoms with Gasteiger partial charge in [-0.05, 0) is 18.1 Å². The van der Waals surface area contributed by atoms with Crippen molar-refractivity contribution in [2.75, 3.05) is 6.54 Å². The minimum Gasteiger partial charge on any atom is -0.478 e. The van der Waals surface area contributed by atoms with Crippen molar-refractivity contribution in [1.29, 1.82) is 0 Å². The molecule has 0 saturated carbocycles. The number of aromatic carboxylic acids is 1. The average Bonchev–Trinajstić information content (AvgIpc) is 2.88. The van der Waals surface area contributed by atoms with Crippen LogP contribution in [0.15, 0.2) is 30.5 Å². The lowest BCUT2D eigenvalue weighted by Gasteiger charge is -2.10. The van der Waals surface area contributed by atoms with Crippen molar-refractivity contribution >= 4 is 11.9 Å². The number of carboxylic acid groups (broad SMARTS) is 1. The van der Waals surface area contributed by atoms with Crippen LogP contribution in [-0.4, -0.2) is 33.3 Å². The summed E-state index contributed by atoms with van der Waals surface area (Å²) in [5.41, 5.74) is -0.708. The Kier molecular flexibility index (Phi) is 4.91. The third-order valence-electron chi connectivity index (χ3n) is 3.34. The molecular formula is C15H14F3N3O3. The van der Waals surface area contributed by atoms with E-state index in [9.17, 15) is 22.8 Å². The molecule has 0 unspecified atom stereocenters. The van der Waals surface area contributed by atoms with Gasteiger partial charge in [-0.15, -0.1) is 0 Å². The van der Waals surface area contributed by atoms with E-state index in [-0.39, 0.29) is 24.2 Å². The summed E-state index contributed by atoms with van der Waals surface area (Å²) in [7, 11) is 1.42. The number of benzene rings is 1. The Bertz CT molecular complexity index is 769. The monoisotopic (exact) mass is 341 g/mol. The van der Waals surface area contributed by atoms with Gasteiger partial charge in [0.2, 0.25) is 0 Å². The van der Waals surface area contributed by atoms with Crippen molar-refractivity contribution in [2.24, 2.45) is 7.05 Å². The van der Waals surface area contributed by atoms with Crippen LogP contribution >= 0.6 is 0 Å². The van der Waals surface area contributed by atoms with E-state index in [4.69, 9.17) is 5.11 Å².